The maximum absolute atomic E-state index is 12.9. The highest BCUT2D eigenvalue weighted by atomic mass is 19.4. The van der Waals surface area contributed by atoms with E-state index in [2.05, 4.69) is 5.32 Å². The van der Waals surface area contributed by atoms with E-state index in [-0.39, 0.29) is 18.0 Å². The quantitative estimate of drug-likeness (QED) is 0.860. The van der Waals surface area contributed by atoms with E-state index in [1.165, 1.54) is 18.2 Å². The molecule has 2 rings (SSSR count). The topological polar surface area (TPSA) is 29.1 Å². The van der Waals surface area contributed by atoms with Gasteiger partial charge in [-0.3, -0.25) is 4.79 Å². The van der Waals surface area contributed by atoms with Gasteiger partial charge in [-0.05, 0) is 23.6 Å². The fourth-order valence-corrected chi connectivity index (χ4v) is 2.22. The van der Waals surface area contributed by atoms with Gasteiger partial charge < -0.3 is 5.32 Å². The van der Waals surface area contributed by atoms with Crippen LogP contribution in [0.5, 0.6) is 0 Å². The Morgan fingerprint density at radius 3 is 2.27 bits per heavy atom. The van der Waals surface area contributed by atoms with Crippen molar-refractivity contribution < 1.29 is 18.0 Å². The zero-order valence-electron chi connectivity index (χ0n) is 12.0. The Bertz CT molecular complexity index is 638. The SMILES string of the molecule is C[C@@H](CC(=O)Nc1ccccc1C(F)(F)F)c1ccccc1. The van der Waals surface area contributed by atoms with Crippen molar-refractivity contribution in [3.8, 4) is 0 Å². The van der Waals surface area contributed by atoms with Crippen LogP contribution in [0.4, 0.5) is 18.9 Å². The number of hydrogen-bond acceptors (Lipinski definition) is 1. The first-order valence-electron chi connectivity index (χ1n) is 6.89. The van der Waals surface area contributed by atoms with Gasteiger partial charge in [-0.15, -0.1) is 0 Å². The van der Waals surface area contributed by atoms with Crippen LogP contribution in [-0.4, -0.2) is 5.91 Å². The monoisotopic (exact) mass is 307 g/mol. The predicted octanol–water partition coefficient (Wildman–Crippen LogP) is 4.84. The van der Waals surface area contributed by atoms with Gasteiger partial charge in [0.15, 0.2) is 0 Å². The molecule has 22 heavy (non-hydrogen) atoms. The van der Waals surface area contributed by atoms with Crippen LogP contribution in [0, 0.1) is 0 Å². The van der Waals surface area contributed by atoms with Gasteiger partial charge in [0.2, 0.25) is 5.91 Å². The number of para-hydroxylation sites is 1. The lowest BCUT2D eigenvalue weighted by Crippen LogP contribution is -2.18. The smallest absolute Gasteiger partial charge is 0.325 e. The first kappa shape index (κ1) is 16.1. The predicted molar refractivity (Wildman–Crippen MR) is 79.5 cm³/mol. The summed E-state index contributed by atoms with van der Waals surface area (Å²) in [5.41, 5.74) is -0.0715. The van der Waals surface area contributed by atoms with E-state index < -0.39 is 17.6 Å². The number of nitrogens with one attached hydrogen (secondary N) is 1. The lowest BCUT2D eigenvalue weighted by Gasteiger charge is -2.15. The fourth-order valence-electron chi connectivity index (χ4n) is 2.22. The van der Waals surface area contributed by atoms with Crippen LogP contribution in [0.25, 0.3) is 0 Å². The Balaban J connectivity index is 2.07. The average Bonchev–Trinajstić information content (AvgIpc) is 2.47. The molecule has 0 radical (unpaired) electrons. The van der Waals surface area contributed by atoms with Gasteiger partial charge in [0, 0.05) is 6.42 Å². The van der Waals surface area contributed by atoms with E-state index in [1.807, 2.05) is 37.3 Å². The number of carbonyl (C=O) groups is 1. The molecule has 0 saturated carbocycles. The second kappa shape index (κ2) is 6.64. The van der Waals surface area contributed by atoms with Crippen molar-refractivity contribution in [2.45, 2.75) is 25.4 Å². The normalized spacial score (nSPS) is 12.7. The number of benzene rings is 2. The zero-order valence-corrected chi connectivity index (χ0v) is 12.0. The van der Waals surface area contributed by atoms with Crippen LogP contribution in [0.1, 0.15) is 30.4 Å². The lowest BCUT2D eigenvalue weighted by molar-refractivity contribution is -0.137. The number of rotatable bonds is 4. The van der Waals surface area contributed by atoms with Crippen LogP contribution in [0.3, 0.4) is 0 Å². The van der Waals surface area contributed by atoms with Gasteiger partial charge in [0.25, 0.3) is 0 Å². The maximum atomic E-state index is 12.9. The highest BCUT2D eigenvalue weighted by Gasteiger charge is 2.33. The van der Waals surface area contributed by atoms with Crippen molar-refractivity contribution in [3.05, 3.63) is 65.7 Å². The second-order valence-electron chi connectivity index (χ2n) is 5.11. The largest absolute Gasteiger partial charge is 0.418 e. The van der Waals surface area contributed by atoms with E-state index in [1.54, 1.807) is 0 Å². The highest BCUT2D eigenvalue weighted by molar-refractivity contribution is 5.92. The van der Waals surface area contributed by atoms with Crippen molar-refractivity contribution in [2.24, 2.45) is 0 Å². The molecule has 0 aromatic heterocycles. The molecule has 1 N–H and O–H groups in total. The standard InChI is InChI=1S/C17H16F3NO/c1-12(13-7-3-2-4-8-13)11-16(22)21-15-10-6-5-9-14(15)17(18,19)20/h2-10,12H,11H2,1H3,(H,21,22)/t12-/m0/s1. The summed E-state index contributed by atoms with van der Waals surface area (Å²) < 4.78 is 38.6. The molecule has 0 spiro atoms. The third-order valence-electron chi connectivity index (χ3n) is 3.37. The molecule has 0 fully saturated rings. The molecule has 2 aromatic rings. The van der Waals surface area contributed by atoms with Crippen LogP contribution in [0.15, 0.2) is 54.6 Å². The number of carbonyl (C=O) groups excluding carboxylic acids is 1. The lowest BCUT2D eigenvalue weighted by atomic mass is 9.97. The first-order valence-corrected chi connectivity index (χ1v) is 6.89. The van der Waals surface area contributed by atoms with Crippen molar-refractivity contribution in [1.29, 1.82) is 0 Å². The molecule has 1 amide bonds. The summed E-state index contributed by atoms with van der Waals surface area (Å²) >= 11 is 0. The minimum absolute atomic E-state index is 0.0701. The first-order chi connectivity index (χ1) is 10.4. The van der Waals surface area contributed by atoms with E-state index in [0.29, 0.717) is 0 Å². The van der Waals surface area contributed by atoms with Crippen molar-refractivity contribution >= 4 is 11.6 Å². The average molecular weight is 307 g/mol. The van der Waals surface area contributed by atoms with Crippen LogP contribution in [-0.2, 0) is 11.0 Å². The number of halogens is 3. The summed E-state index contributed by atoms with van der Waals surface area (Å²) in [4.78, 5) is 12.0. The molecule has 0 bridgehead atoms. The fraction of sp³-hybridized carbons (Fsp3) is 0.235. The molecule has 0 aliphatic rings. The van der Waals surface area contributed by atoms with Gasteiger partial charge in [0.1, 0.15) is 0 Å². The third kappa shape index (κ3) is 4.10. The molecule has 2 aromatic carbocycles. The Kier molecular flexibility index (Phi) is 4.85. The molecule has 0 aliphatic carbocycles. The Morgan fingerprint density at radius 2 is 1.64 bits per heavy atom. The molecule has 0 saturated heterocycles. The Hall–Kier alpha value is -2.30. The Morgan fingerprint density at radius 1 is 1.05 bits per heavy atom. The minimum Gasteiger partial charge on any atom is -0.325 e. The summed E-state index contributed by atoms with van der Waals surface area (Å²) in [5, 5.41) is 2.36. The maximum Gasteiger partial charge on any atom is 0.418 e. The van der Waals surface area contributed by atoms with E-state index in [0.717, 1.165) is 11.6 Å². The van der Waals surface area contributed by atoms with E-state index in [4.69, 9.17) is 0 Å². The number of amides is 1. The highest BCUT2D eigenvalue weighted by Crippen LogP contribution is 2.34. The van der Waals surface area contributed by atoms with E-state index in [9.17, 15) is 18.0 Å². The molecule has 0 heterocycles. The van der Waals surface area contributed by atoms with Crippen LogP contribution in [0.2, 0.25) is 0 Å². The third-order valence-corrected chi connectivity index (χ3v) is 3.37. The molecular formula is C17H16F3NO. The molecular weight excluding hydrogens is 291 g/mol. The van der Waals surface area contributed by atoms with Gasteiger partial charge in [-0.1, -0.05) is 49.4 Å². The Labute approximate surface area is 127 Å². The van der Waals surface area contributed by atoms with Crippen molar-refractivity contribution in [2.75, 3.05) is 5.32 Å². The minimum atomic E-state index is -4.49. The molecule has 5 heteroatoms. The number of hydrogen-bond donors (Lipinski definition) is 1. The van der Waals surface area contributed by atoms with Crippen molar-refractivity contribution in [3.63, 3.8) is 0 Å². The number of anilines is 1. The summed E-state index contributed by atoms with van der Waals surface area (Å²) in [5.74, 6) is -0.507. The van der Waals surface area contributed by atoms with Gasteiger partial charge in [0.05, 0.1) is 11.3 Å². The summed E-state index contributed by atoms with van der Waals surface area (Å²) in [6.07, 6.45) is -4.37. The van der Waals surface area contributed by atoms with Crippen molar-refractivity contribution in [1.82, 2.24) is 0 Å². The zero-order chi connectivity index (χ0) is 16.2. The molecule has 2 nitrogen and oxygen atoms in total. The molecule has 0 unspecified atom stereocenters. The molecule has 0 aliphatic heterocycles. The van der Waals surface area contributed by atoms with Crippen LogP contribution >= 0.6 is 0 Å². The summed E-state index contributed by atoms with van der Waals surface area (Å²) in [7, 11) is 0. The van der Waals surface area contributed by atoms with Gasteiger partial charge >= 0.3 is 6.18 Å². The van der Waals surface area contributed by atoms with Gasteiger partial charge in [-0.25, -0.2) is 0 Å². The van der Waals surface area contributed by atoms with Crippen LogP contribution < -0.4 is 5.32 Å². The number of alkyl halides is 3. The van der Waals surface area contributed by atoms with Gasteiger partial charge in [-0.2, -0.15) is 13.2 Å². The molecule has 1 atom stereocenters. The summed E-state index contributed by atoms with van der Waals surface area (Å²) in [6.45, 7) is 1.87. The second-order valence-corrected chi connectivity index (χ2v) is 5.11. The summed E-state index contributed by atoms with van der Waals surface area (Å²) in [6, 6.07) is 14.4. The van der Waals surface area contributed by atoms with E-state index >= 15 is 0 Å². The molecule has 116 valence electrons.